The molecule has 0 amide bonds. The largest absolute Gasteiger partial charge is 0.392 e. The molecule has 2 heteroatoms. The van der Waals surface area contributed by atoms with Crippen molar-refractivity contribution in [3.05, 3.63) is 0 Å². The highest BCUT2D eigenvalue weighted by Gasteiger charge is 2.05. The van der Waals surface area contributed by atoms with Crippen molar-refractivity contribution >= 4 is 0 Å². The number of nitrogens with one attached hydrogen (secondary N) is 1. The Morgan fingerprint density at radius 3 is 2.00 bits per heavy atom. The molecule has 0 bridgehead atoms. The molecule has 0 aliphatic heterocycles. The van der Waals surface area contributed by atoms with Crippen molar-refractivity contribution in [2.24, 2.45) is 11.8 Å². The van der Waals surface area contributed by atoms with Gasteiger partial charge < -0.3 is 10.4 Å². The molecule has 0 spiro atoms. The van der Waals surface area contributed by atoms with Gasteiger partial charge in [-0.1, -0.05) is 27.7 Å². The molecule has 12 heavy (non-hydrogen) atoms. The van der Waals surface area contributed by atoms with E-state index in [4.69, 9.17) is 0 Å². The van der Waals surface area contributed by atoms with E-state index in [0.717, 1.165) is 19.5 Å². The van der Waals surface area contributed by atoms with E-state index in [1.807, 2.05) is 0 Å². The molecule has 0 saturated carbocycles. The zero-order valence-corrected chi connectivity index (χ0v) is 8.80. The quantitative estimate of drug-likeness (QED) is 0.640. The fourth-order valence-corrected chi connectivity index (χ4v) is 1.17. The van der Waals surface area contributed by atoms with Crippen molar-refractivity contribution in [1.29, 1.82) is 0 Å². The Morgan fingerprint density at radius 2 is 1.58 bits per heavy atom. The number of aliphatic hydroxyl groups is 1. The molecular weight excluding hydrogens is 150 g/mol. The number of hydrogen-bond donors (Lipinski definition) is 2. The summed E-state index contributed by atoms with van der Waals surface area (Å²) < 4.78 is 0. The SMILES string of the molecule is CC(C)CNCC(O)CC(C)C. The molecular formula is C10H23NO. The summed E-state index contributed by atoms with van der Waals surface area (Å²) in [6.45, 7) is 10.3. The second-order valence-electron chi connectivity index (χ2n) is 4.34. The minimum atomic E-state index is -0.177. The summed E-state index contributed by atoms with van der Waals surface area (Å²) in [5, 5.41) is 12.7. The van der Waals surface area contributed by atoms with Crippen LogP contribution in [0.3, 0.4) is 0 Å². The Bertz CT molecular complexity index is 102. The first-order valence-corrected chi connectivity index (χ1v) is 4.91. The second-order valence-corrected chi connectivity index (χ2v) is 4.34. The van der Waals surface area contributed by atoms with Gasteiger partial charge in [0.1, 0.15) is 0 Å². The molecule has 0 aliphatic carbocycles. The van der Waals surface area contributed by atoms with Gasteiger partial charge in [0, 0.05) is 6.54 Å². The van der Waals surface area contributed by atoms with Crippen LogP contribution >= 0.6 is 0 Å². The Kier molecular flexibility index (Phi) is 6.39. The summed E-state index contributed by atoms with van der Waals surface area (Å²) in [6, 6.07) is 0. The summed E-state index contributed by atoms with van der Waals surface area (Å²) in [5.41, 5.74) is 0. The van der Waals surface area contributed by atoms with E-state index in [2.05, 4.69) is 33.0 Å². The van der Waals surface area contributed by atoms with Crippen LogP contribution < -0.4 is 5.32 Å². The van der Waals surface area contributed by atoms with E-state index >= 15 is 0 Å². The molecule has 0 rings (SSSR count). The topological polar surface area (TPSA) is 32.3 Å². The van der Waals surface area contributed by atoms with Gasteiger partial charge in [-0.15, -0.1) is 0 Å². The molecule has 2 nitrogen and oxygen atoms in total. The molecule has 0 aliphatic rings. The minimum absolute atomic E-state index is 0.177. The van der Waals surface area contributed by atoms with Gasteiger partial charge in [-0.05, 0) is 24.8 Å². The van der Waals surface area contributed by atoms with Crippen LogP contribution in [0.2, 0.25) is 0 Å². The van der Waals surface area contributed by atoms with Crippen LogP contribution in [0.4, 0.5) is 0 Å². The lowest BCUT2D eigenvalue weighted by Gasteiger charge is -2.14. The van der Waals surface area contributed by atoms with Crippen molar-refractivity contribution in [3.8, 4) is 0 Å². The predicted octanol–water partition coefficient (Wildman–Crippen LogP) is 1.64. The van der Waals surface area contributed by atoms with Gasteiger partial charge in [-0.25, -0.2) is 0 Å². The van der Waals surface area contributed by atoms with E-state index in [9.17, 15) is 5.11 Å². The van der Waals surface area contributed by atoms with Gasteiger partial charge in [-0.3, -0.25) is 0 Å². The first kappa shape index (κ1) is 11.9. The van der Waals surface area contributed by atoms with Crippen LogP contribution in [0.5, 0.6) is 0 Å². The van der Waals surface area contributed by atoms with Gasteiger partial charge in [0.15, 0.2) is 0 Å². The molecule has 2 N–H and O–H groups in total. The first-order valence-electron chi connectivity index (χ1n) is 4.91. The fraction of sp³-hybridized carbons (Fsp3) is 1.00. The molecule has 0 heterocycles. The summed E-state index contributed by atoms with van der Waals surface area (Å²) in [4.78, 5) is 0. The highest BCUT2D eigenvalue weighted by Crippen LogP contribution is 2.03. The lowest BCUT2D eigenvalue weighted by atomic mass is 10.1. The molecule has 0 aromatic rings. The molecule has 0 saturated heterocycles. The molecule has 0 radical (unpaired) electrons. The highest BCUT2D eigenvalue weighted by atomic mass is 16.3. The van der Waals surface area contributed by atoms with Crippen LogP contribution in [0.15, 0.2) is 0 Å². The maximum absolute atomic E-state index is 9.47. The Balaban J connectivity index is 3.25. The van der Waals surface area contributed by atoms with Gasteiger partial charge in [0.25, 0.3) is 0 Å². The van der Waals surface area contributed by atoms with E-state index in [1.165, 1.54) is 0 Å². The monoisotopic (exact) mass is 173 g/mol. The molecule has 1 atom stereocenters. The minimum Gasteiger partial charge on any atom is -0.392 e. The number of rotatable bonds is 6. The van der Waals surface area contributed by atoms with Crippen molar-refractivity contribution < 1.29 is 5.11 Å². The average molecular weight is 173 g/mol. The van der Waals surface area contributed by atoms with Crippen molar-refractivity contribution in [2.75, 3.05) is 13.1 Å². The van der Waals surface area contributed by atoms with E-state index in [1.54, 1.807) is 0 Å². The third-order valence-corrected chi connectivity index (χ3v) is 1.68. The van der Waals surface area contributed by atoms with Crippen LogP contribution in [0, 0.1) is 11.8 Å². The molecule has 0 aromatic heterocycles. The van der Waals surface area contributed by atoms with Crippen molar-refractivity contribution in [1.82, 2.24) is 5.32 Å². The van der Waals surface area contributed by atoms with Crippen molar-refractivity contribution in [2.45, 2.75) is 40.2 Å². The lowest BCUT2D eigenvalue weighted by molar-refractivity contribution is 0.145. The summed E-state index contributed by atoms with van der Waals surface area (Å²) in [7, 11) is 0. The van der Waals surface area contributed by atoms with E-state index < -0.39 is 0 Å². The summed E-state index contributed by atoms with van der Waals surface area (Å²) in [5.74, 6) is 1.25. The molecule has 0 fully saturated rings. The zero-order valence-electron chi connectivity index (χ0n) is 8.80. The fourth-order valence-electron chi connectivity index (χ4n) is 1.17. The van der Waals surface area contributed by atoms with Crippen molar-refractivity contribution in [3.63, 3.8) is 0 Å². The maximum atomic E-state index is 9.47. The van der Waals surface area contributed by atoms with Gasteiger partial charge in [0.05, 0.1) is 6.10 Å². The Hall–Kier alpha value is -0.0800. The lowest BCUT2D eigenvalue weighted by Crippen LogP contribution is -2.30. The third-order valence-electron chi connectivity index (χ3n) is 1.68. The second kappa shape index (κ2) is 6.44. The Morgan fingerprint density at radius 1 is 1.00 bits per heavy atom. The standard InChI is InChI=1S/C10H23NO/c1-8(2)5-10(12)7-11-6-9(3)4/h8-12H,5-7H2,1-4H3. The summed E-state index contributed by atoms with van der Waals surface area (Å²) in [6.07, 6.45) is 0.717. The smallest absolute Gasteiger partial charge is 0.0667 e. The van der Waals surface area contributed by atoms with Gasteiger partial charge in [0.2, 0.25) is 0 Å². The Labute approximate surface area is 76.4 Å². The number of aliphatic hydroxyl groups excluding tert-OH is 1. The average Bonchev–Trinajstić information content (AvgIpc) is 1.84. The zero-order chi connectivity index (χ0) is 9.56. The van der Waals surface area contributed by atoms with Crippen LogP contribution in [0.25, 0.3) is 0 Å². The first-order chi connectivity index (χ1) is 5.52. The third kappa shape index (κ3) is 8.02. The van der Waals surface area contributed by atoms with E-state index in [0.29, 0.717) is 11.8 Å². The van der Waals surface area contributed by atoms with Gasteiger partial charge >= 0.3 is 0 Å². The predicted molar refractivity (Wildman–Crippen MR) is 53.2 cm³/mol. The summed E-state index contributed by atoms with van der Waals surface area (Å²) >= 11 is 0. The maximum Gasteiger partial charge on any atom is 0.0667 e. The molecule has 74 valence electrons. The van der Waals surface area contributed by atoms with Crippen LogP contribution in [-0.2, 0) is 0 Å². The van der Waals surface area contributed by atoms with Crippen LogP contribution in [-0.4, -0.2) is 24.3 Å². The normalized spacial score (nSPS) is 14.2. The van der Waals surface area contributed by atoms with Crippen LogP contribution in [0.1, 0.15) is 34.1 Å². The van der Waals surface area contributed by atoms with E-state index in [-0.39, 0.29) is 6.10 Å². The number of hydrogen-bond acceptors (Lipinski definition) is 2. The molecule has 0 aromatic carbocycles. The molecule has 1 unspecified atom stereocenters. The van der Waals surface area contributed by atoms with Gasteiger partial charge in [-0.2, -0.15) is 0 Å². The highest BCUT2D eigenvalue weighted by molar-refractivity contribution is 4.62.